The Morgan fingerprint density at radius 3 is 2.73 bits per heavy atom. The van der Waals surface area contributed by atoms with Gasteiger partial charge in [-0.3, -0.25) is 4.79 Å². The lowest BCUT2D eigenvalue weighted by molar-refractivity contribution is 0.0945. The van der Waals surface area contributed by atoms with Crippen molar-refractivity contribution in [1.82, 2.24) is 25.3 Å². The van der Waals surface area contributed by atoms with E-state index in [-0.39, 0.29) is 17.5 Å². The zero-order valence-corrected chi connectivity index (χ0v) is 15.8. The van der Waals surface area contributed by atoms with E-state index in [4.69, 9.17) is 0 Å². The minimum Gasteiger partial charge on any atom is -0.348 e. The van der Waals surface area contributed by atoms with Crippen molar-refractivity contribution in [3.63, 3.8) is 0 Å². The largest absolute Gasteiger partial charge is 0.348 e. The minimum atomic E-state index is -0.338. The molecule has 0 aliphatic heterocycles. The Labute approximate surface area is 171 Å². The molecule has 0 bridgehead atoms. The van der Waals surface area contributed by atoms with Crippen molar-refractivity contribution in [2.75, 3.05) is 11.9 Å². The molecule has 4 aromatic rings. The number of para-hydroxylation sites is 2. The van der Waals surface area contributed by atoms with E-state index in [9.17, 15) is 9.18 Å². The Bertz CT molecular complexity index is 1210. The SMILES string of the molecule is O=C(NCCC#Cc1cnc(Nc2cccc(F)c2)nc1)c1nc2ccccc2[nH]1. The highest BCUT2D eigenvalue weighted by atomic mass is 19.1. The fraction of sp³-hybridized carbons (Fsp3) is 0.0909. The second-order valence-electron chi connectivity index (χ2n) is 6.34. The fourth-order valence-corrected chi connectivity index (χ4v) is 2.70. The van der Waals surface area contributed by atoms with Crippen LogP contribution < -0.4 is 10.6 Å². The van der Waals surface area contributed by atoms with Gasteiger partial charge in [-0.15, -0.1) is 0 Å². The van der Waals surface area contributed by atoms with Crippen LogP contribution in [0.5, 0.6) is 0 Å². The molecule has 2 aromatic heterocycles. The summed E-state index contributed by atoms with van der Waals surface area (Å²) in [7, 11) is 0. The Morgan fingerprint density at radius 2 is 1.93 bits per heavy atom. The quantitative estimate of drug-likeness (QED) is 0.352. The fourth-order valence-electron chi connectivity index (χ4n) is 2.70. The molecule has 4 rings (SSSR count). The smallest absolute Gasteiger partial charge is 0.287 e. The highest BCUT2D eigenvalue weighted by Crippen LogP contribution is 2.13. The number of aromatic amines is 1. The molecule has 0 unspecified atom stereocenters. The van der Waals surface area contributed by atoms with Gasteiger partial charge in [0.05, 0.1) is 16.6 Å². The summed E-state index contributed by atoms with van der Waals surface area (Å²) in [5.41, 5.74) is 2.77. The number of nitrogens with one attached hydrogen (secondary N) is 3. The van der Waals surface area contributed by atoms with Gasteiger partial charge in [-0.05, 0) is 30.3 Å². The van der Waals surface area contributed by atoms with E-state index < -0.39 is 0 Å². The number of hydrogen-bond acceptors (Lipinski definition) is 5. The second-order valence-corrected chi connectivity index (χ2v) is 6.34. The number of imidazole rings is 1. The van der Waals surface area contributed by atoms with Crippen LogP contribution in [-0.4, -0.2) is 32.4 Å². The monoisotopic (exact) mass is 400 g/mol. The van der Waals surface area contributed by atoms with Gasteiger partial charge in [-0.1, -0.05) is 30.0 Å². The summed E-state index contributed by atoms with van der Waals surface area (Å²) in [4.78, 5) is 27.7. The molecule has 0 atom stereocenters. The van der Waals surface area contributed by atoms with E-state index in [1.165, 1.54) is 12.1 Å². The molecule has 0 aliphatic rings. The van der Waals surface area contributed by atoms with Crippen molar-refractivity contribution in [3.05, 3.63) is 78.1 Å². The number of fused-ring (bicyclic) bond motifs is 1. The molecule has 0 fully saturated rings. The van der Waals surface area contributed by atoms with Crippen LogP contribution in [0, 0.1) is 17.7 Å². The number of halogens is 1. The van der Waals surface area contributed by atoms with Gasteiger partial charge in [-0.2, -0.15) is 0 Å². The van der Waals surface area contributed by atoms with Gasteiger partial charge in [-0.25, -0.2) is 19.3 Å². The molecule has 0 radical (unpaired) electrons. The van der Waals surface area contributed by atoms with Gasteiger partial charge in [0.1, 0.15) is 5.82 Å². The van der Waals surface area contributed by atoms with E-state index >= 15 is 0 Å². The molecule has 1 amide bonds. The van der Waals surface area contributed by atoms with Gasteiger partial charge >= 0.3 is 0 Å². The maximum absolute atomic E-state index is 13.2. The van der Waals surface area contributed by atoms with Crippen molar-refractivity contribution in [2.45, 2.75) is 6.42 Å². The predicted molar refractivity (Wildman–Crippen MR) is 112 cm³/mol. The summed E-state index contributed by atoms with van der Waals surface area (Å²) in [6.07, 6.45) is 3.62. The van der Waals surface area contributed by atoms with Crippen LogP contribution in [0.25, 0.3) is 11.0 Å². The lowest BCUT2D eigenvalue weighted by Gasteiger charge is -2.03. The third-order valence-corrected chi connectivity index (χ3v) is 4.11. The summed E-state index contributed by atoms with van der Waals surface area (Å²) < 4.78 is 13.2. The van der Waals surface area contributed by atoms with Crippen LogP contribution in [0.1, 0.15) is 22.6 Å². The molecule has 8 heteroatoms. The summed E-state index contributed by atoms with van der Waals surface area (Å²) in [5.74, 6) is 5.92. The Balaban J connectivity index is 1.26. The predicted octanol–water partition coefficient (Wildman–Crippen LogP) is 3.41. The summed E-state index contributed by atoms with van der Waals surface area (Å²) in [6.45, 7) is 0.392. The van der Waals surface area contributed by atoms with Crippen LogP contribution >= 0.6 is 0 Å². The number of carbonyl (C=O) groups excluding carboxylic acids is 1. The lowest BCUT2D eigenvalue weighted by atomic mass is 10.3. The van der Waals surface area contributed by atoms with Crippen molar-refractivity contribution in [3.8, 4) is 11.8 Å². The average molecular weight is 400 g/mol. The van der Waals surface area contributed by atoms with E-state index in [1.54, 1.807) is 24.5 Å². The van der Waals surface area contributed by atoms with Crippen LogP contribution in [0.3, 0.4) is 0 Å². The van der Waals surface area contributed by atoms with Crippen LogP contribution in [-0.2, 0) is 0 Å². The van der Waals surface area contributed by atoms with Crippen molar-refractivity contribution in [1.29, 1.82) is 0 Å². The summed E-state index contributed by atoms with van der Waals surface area (Å²) in [6, 6.07) is 13.5. The van der Waals surface area contributed by atoms with Gasteiger partial charge in [0, 0.05) is 31.0 Å². The molecular weight excluding hydrogens is 383 g/mol. The third-order valence-electron chi connectivity index (χ3n) is 4.11. The van der Waals surface area contributed by atoms with Crippen LogP contribution in [0.4, 0.5) is 16.0 Å². The van der Waals surface area contributed by atoms with Crippen molar-refractivity contribution in [2.24, 2.45) is 0 Å². The Kier molecular flexibility index (Phi) is 5.62. The first-order valence-electron chi connectivity index (χ1n) is 9.24. The number of anilines is 2. The third kappa shape index (κ3) is 4.77. The lowest BCUT2D eigenvalue weighted by Crippen LogP contribution is -2.25. The molecule has 3 N–H and O–H groups in total. The topological polar surface area (TPSA) is 95.6 Å². The number of aromatic nitrogens is 4. The maximum Gasteiger partial charge on any atom is 0.287 e. The average Bonchev–Trinajstić information content (AvgIpc) is 3.19. The molecule has 0 spiro atoms. The van der Waals surface area contributed by atoms with Crippen molar-refractivity contribution >= 4 is 28.6 Å². The first-order chi connectivity index (χ1) is 14.7. The molecule has 0 saturated carbocycles. The zero-order chi connectivity index (χ0) is 20.8. The molecule has 0 saturated heterocycles. The number of rotatable bonds is 5. The van der Waals surface area contributed by atoms with E-state index in [2.05, 4.69) is 42.4 Å². The number of nitrogens with zero attached hydrogens (tertiary/aromatic N) is 3. The first-order valence-corrected chi connectivity index (χ1v) is 9.24. The highest BCUT2D eigenvalue weighted by molar-refractivity contribution is 5.94. The number of amides is 1. The van der Waals surface area contributed by atoms with Gasteiger partial charge in [0.25, 0.3) is 5.91 Å². The first kappa shape index (κ1) is 19.1. The van der Waals surface area contributed by atoms with Gasteiger partial charge in [0.2, 0.25) is 5.95 Å². The molecule has 30 heavy (non-hydrogen) atoms. The standard InChI is InChI=1S/C22H17FN6O/c23-16-7-5-8-17(12-16)27-22-25-13-15(14-26-22)6-3-4-11-24-21(30)20-28-18-9-1-2-10-19(18)29-20/h1-2,5,7-10,12-14H,4,11H2,(H,24,30)(H,28,29)(H,25,26,27). The van der Waals surface area contributed by atoms with Crippen LogP contribution in [0.2, 0.25) is 0 Å². The number of H-pyrrole nitrogens is 1. The van der Waals surface area contributed by atoms with Crippen molar-refractivity contribution < 1.29 is 9.18 Å². The van der Waals surface area contributed by atoms with Crippen LogP contribution in [0.15, 0.2) is 60.9 Å². The molecular formula is C22H17FN6O. The zero-order valence-electron chi connectivity index (χ0n) is 15.8. The molecule has 148 valence electrons. The highest BCUT2D eigenvalue weighted by Gasteiger charge is 2.09. The molecule has 2 heterocycles. The second kappa shape index (κ2) is 8.84. The van der Waals surface area contributed by atoms with E-state index in [0.717, 1.165) is 11.0 Å². The van der Waals surface area contributed by atoms with Gasteiger partial charge < -0.3 is 15.6 Å². The summed E-state index contributed by atoms with van der Waals surface area (Å²) >= 11 is 0. The number of carbonyl (C=O) groups is 1. The summed E-state index contributed by atoms with van der Waals surface area (Å²) in [5, 5.41) is 5.70. The minimum absolute atomic E-state index is 0.274. The Hall–Kier alpha value is -4.25. The number of hydrogen-bond donors (Lipinski definition) is 3. The normalized spacial score (nSPS) is 10.3. The maximum atomic E-state index is 13.2. The van der Waals surface area contributed by atoms with Gasteiger partial charge in [0.15, 0.2) is 5.82 Å². The molecule has 7 nitrogen and oxygen atoms in total. The number of benzene rings is 2. The van der Waals surface area contributed by atoms with E-state index in [0.29, 0.717) is 30.2 Å². The molecule has 2 aromatic carbocycles. The molecule has 0 aliphatic carbocycles. The van der Waals surface area contributed by atoms with E-state index in [1.807, 2.05) is 24.3 Å². The Morgan fingerprint density at radius 1 is 1.10 bits per heavy atom.